The Morgan fingerprint density at radius 3 is 2.27 bits per heavy atom. The van der Waals surface area contributed by atoms with Gasteiger partial charge in [0.1, 0.15) is 11.6 Å². The third-order valence-corrected chi connectivity index (χ3v) is 9.96. The molecule has 1 fully saturated rings. The molecule has 6 rings (SSSR count). The van der Waals surface area contributed by atoms with E-state index in [2.05, 4.69) is 30.1 Å². The van der Waals surface area contributed by atoms with Crippen LogP contribution >= 0.6 is 0 Å². The molecule has 16 nitrogen and oxygen atoms in total. The summed E-state index contributed by atoms with van der Waals surface area (Å²) in [6.07, 6.45) is 13.0. The molecule has 1 aliphatic rings. The molecule has 0 bridgehead atoms. The topological polar surface area (TPSA) is 249 Å². The predicted molar refractivity (Wildman–Crippen MR) is 243 cm³/mol. The first-order valence-corrected chi connectivity index (χ1v) is 20.7. The number of ether oxygens (including phenoxy) is 3. The average molecular weight is 889 g/mol. The molecule has 5 aromatic rings. The number of fused-ring (bicyclic) bond motifs is 1. The summed E-state index contributed by atoms with van der Waals surface area (Å²) in [5, 5.41) is 6.62. The van der Waals surface area contributed by atoms with Crippen molar-refractivity contribution < 1.29 is 34.6 Å². The summed E-state index contributed by atoms with van der Waals surface area (Å²) in [7, 11) is 8.09. The Kier molecular flexibility index (Phi) is 23.4. The molecule has 3 heterocycles. The van der Waals surface area contributed by atoms with Gasteiger partial charge in [-0.3, -0.25) is 23.5 Å². The van der Waals surface area contributed by atoms with Gasteiger partial charge in [0.2, 0.25) is 0 Å². The number of nitrogens with one attached hydrogen (secondary N) is 2. The van der Waals surface area contributed by atoms with Crippen LogP contribution in [0.1, 0.15) is 59.6 Å². The van der Waals surface area contributed by atoms with Crippen LogP contribution in [0.5, 0.6) is 0 Å². The molecule has 9 N–H and O–H groups in total. The van der Waals surface area contributed by atoms with Gasteiger partial charge in [-0.25, -0.2) is 18.1 Å². The molecule has 2 atom stereocenters. The van der Waals surface area contributed by atoms with Crippen LogP contribution in [0.2, 0.25) is 0 Å². The van der Waals surface area contributed by atoms with Gasteiger partial charge in [0.25, 0.3) is 5.56 Å². The SMILES string of the molecule is CC/C(N)=C/Nc1ccc(S(=O)[O-])cc1.COC.COC.Cn1c(=O)n(-c2ccc(C[C@@H](COC3CCCCC3)NCc3cc(F)c(N)cc3F)nc2)c(=O)c2ccncc21.N.[HH].[HH]. The van der Waals surface area contributed by atoms with Crippen LogP contribution in [-0.4, -0.2) is 75.1 Å². The minimum Gasteiger partial charge on any atom is -0.768 e. The minimum absolute atomic E-state index is 0. The third-order valence-electron chi connectivity index (χ3n) is 9.31. The van der Waals surface area contributed by atoms with E-state index in [1.807, 2.05) is 6.92 Å². The fraction of sp³-hybridized carbons (Fsp3) is 0.395. The molecule has 0 saturated heterocycles. The molecule has 3 aromatic heterocycles. The predicted octanol–water partition coefficient (Wildman–Crippen LogP) is 6.12. The van der Waals surface area contributed by atoms with E-state index < -0.39 is 34.0 Å². The van der Waals surface area contributed by atoms with Crippen molar-refractivity contribution in [2.75, 3.05) is 46.1 Å². The smallest absolute Gasteiger partial charge is 0.335 e. The van der Waals surface area contributed by atoms with E-state index in [0.717, 1.165) is 60.2 Å². The number of hydrogen-bond donors (Lipinski definition) is 5. The summed E-state index contributed by atoms with van der Waals surface area (Å²) in [6, 6.07) is 13.3. The number of rotatable bonds is 13. The monoisotopic (exact) mass is 888 g/mol. The molecule has 344 valence electrons. The van der Waals surface area contributed by atoms with Gasteiger partial charge < -0.3 is 47.0 Å². The molecular formula is C43H64F2N9O7S-. The molecule has 0 radical (unpaired) electrons. The van der Waals surface area contributed by atoms with E-state index in [-0.39, 0.29) is 43.8 Å². The van der Waals surface area contributed by atoms with Crippen LogP contribution < -0.4 is 39.5 Å². The van der Waals surface area contributed by atoms with Crippen LogP contribution in [-0.2, 0) is 45.3 Å². The molecule has 62 heavy (non-hydrogen) atoms. The van der Waals surface area contributed by atoms with E-state index in [9.17, 15) is 27.1 Å². The van der Waals surface area contributed by atoms with E-state index >= 15 is 0 Å². The van der Waals surface area contributed by atoms with Crippen molar-refractivity contribution in [3.63, 3.8) is 0 Å². The average Bonchev–Trinajstić information content (AvgIpc) is 3.26. The Bertz CT molecular complexity index is 2300. The number of methoxy groups -OCH3 is 2. The summed E-state index contributed by atoms with van der Waals surface area (Å²) in [4.78, 5) is 34.9. The first-order chi connectivity index (χ1) is 29.3. The molecule has 2 aromatic carbocycles. The number of aryl methyl sites for hydroxylation is 1. The highest BCUT2D eigenvalue weighted by molar-refractivity contribution is 7.79. The lowest BCUT2D eigenvalue weighted by Crippen LogP contribution is -2.38. The van der Waals surface area contributed by atoms with Crippen molar-refractivity contribution >= 4 is 33.4 Å². The molecule has 1 unspecified atom stereocenters. The van der Waals surface area contributed by atoms with Gasteiger partial charge in [-0.05, 0) is 78.9 Å². The Labute approximate surface area is 366 Å². The van der Waals surface area contributed by atoms with Gasteiger partial charge in [0, 0.05) is 103 Å². The first kappa shape index (κ1) is 52.7. The van der Waals surface area contributed by atoms with Crippen LogP contribution in [0.3, 0.4) is 0 Å². The Hall–Kier alpha value is -5.41. The maximum absolute atomic E-state index is 14.4. The van der Waals surface area contributed by atoms with E-state index in [1.54, 1.807) is 72.0 Å². The van der Waals surface area contributed by atoms with Crippen molar-refractivity contribution in [3.05, 3.63) is 129 Å². The highest BCUT2D eigenvalue weighted by atomic mass is 32.2. The second-order valence-electron chi connectivity index (χ2n) is 14.0. The van der Waals surface area contributed by atoms with Crippen molar-refractivity contribution in [2.45, 2.75) is 75.5 Å². The van der Waals surface area contributed by atoms with Crippen molar-refractivity contribution in [1.29, 1.82) is 0 Å². The summed E-state index contributed by atoms with van der Waals surface area (Å²) in [5.41, 5.74) is 13.1. The van der Waals surface area contributed by atoms with Crippen molar-refractivity contribution in [1.82, 2.24) is 30.6 Å². The normalized spacial score (nSPS) is 13.5. The number of benzene rings is 2. The summed E-state index contributed by atoms with van der Waals surface area (Å²) < 4.78 is 66.6. The second kappa shape index (κ2) is 27.5. The van der Waals surface area contributed by atoms with Gasteiger partial charge in [0.15, 0.2) is 0 Å². The standard InChI is InChI=1S/C29H32F2N6O3.C10H14N2O2S.2C2H6O.H3N.2H2/c1-36-27-16-33-10-9-23(27)28(38)37(29(36)39)21-8-7-19(35-15-21)12-20(17-40-22-5-3-2-4-6-22)34-14-18-11-25(31)26(32)13-24(18)30;1-2-8(11)7-12-9-3-5-10(6-4-9)15(13)14;2*1-3-2;;;/h7-11,13,15-16,20,22,34H,2-6,12,14,17,32H2,1H3;3-7,12H,2,11H2,1H3,(H,13,14);2*1-2H3;1H3;2*1H/p-1/b;8-7-;;;;;/t20-;;;;;;/m0....../s1. The first-order valence-electron chi connectivity index (χ1n) is 19.6. The second-order valence-corrected chi connectivity index (χ2v) is 15.0. The molecular weight excluding hydrogens is 825 g/mol. The van der Waals surface area contributed by atoms with Crippen LogP contribution in [0.15, 0.2) is 99.6 Å². The number of nitrogens with zero attached hydrogens (tertiary/aromatic N) is 4. The Morgan fingerprint density at radius 2 is 1.68 bits per heavy atom. The highest BCUT2D eigenvalue weighted by Gasteiger charge is 2.19. The van der Waals surface area contributed by atoms with Gasteiger partial charge in [-0.1, -0.05) is 26.2 Å². The lowest BCUT2D eigenvalue weighted by molar-refractivity contribution is 0.0154. The zero-order valence-corrected chi connectivity index (χ0v) is 37.0. The van der Waals surface area contributed by atoms with Crippen LogP contribution in [0, 0.1) is 11.6 Å². The molecule has 1 saturated carbocycles. The van der Waals surface area contributed by atoms with E-state index in [0.29, 0.717) is 35.3 Å². The Balaban J connectivity index is 0.00000139. The largest absolute Gasteiger partial charge is 0.768 e. The zero-order chi connectivity index (χ0) is 44.9. The number of halogens is 2. The van der Waals surface area contributed by atoms with Crippen molar-refractivity contribution in [2.24, 2.45) is 12.8 Å². The lowest BCUT2D eigenvalue weighted by Gasteiger charge is -2.26. The van der Waals surface area contributed by atoms with Crippen LogP contribution in [0.4, 0.5) is 20.2 Å². The third kappa shape index (κ3) is 16.1. The Morgan fingerprint density at radius 1 is 1.02 bits per heavy atom. The molecule has 1 aliphatic carbocycles. The lowest BCUT2D eigenvalue weighted by atomic mass is 9.98. The van der Waals surface area contributed by atoms with Gasteiger partial charge in [0.05, 0.1) is 47.4 Å². The van der Waals surface area contributed by atoms with Crippen molar-refractivity contribution in [3.8, 4) is 5.69 Å². The number of pyridine rings is 2. The van der Waals surface area contributed by atoms with E-state index in [4.69, 9.17) is 16.2 Å². The number of nitrogen functional groups attached to an aromatic ring is 1. The summed E-state index contributed by atoms with van der Waals surface area (Å²) >= 11 is -2.17. The minimum atomic E-state index is -2.17. The summed E-state index contributed by atoms with van der Waals surface area (Å²) in [5.74, 6) is -1.25. The fourth-order valence-electron chi connectivity index (χ4n) is 6.05. The number of anilines is 2. The molecule has 0 amide bonds. The fourth-order valence-corrected chi connectivity index (χ4v) is 6.41. The highest BCUT2D eigenvalue weighted by Crippen LogP contribution is 2.21. The number of allylic oxidation sites excluding steroid dienone is 1. The van der Waals surface area contributed by atoms with Gasteiger partial charge in [-0.15, -0.1) is 0 Å². The van der Waals surface area contributed by atoms with Crippen LogP contribution in [0.25, 0.3) is 16.6 Å². The van der Waals surface area contributed by atoms with Gasteiger partial charge >= 0.3 is 5.69 Å². The maximum atomic E-state index is 14.4. The zero-order valence-electron chi connectivity index (χ0n) is 36.2. The quantitative estimate of drug-likeness (QED) is 0.0661. The number of nitrogens with two attached hydrogens (primary N) is 2. The number of hydrogen-bond acceptors (Lipinski definition) is 14. The van der Waals surface area contributed by atoms with E-state index in [1.165, 1.54) is 41.7 Å². The summed E-state index contributed by atoms with van der Waals surface area (Å²) in [6.45, 7) is 2.40. The maximum Gasteiger partial charge on any atom is 0.335 e. The molecule has 0 aliphatic heterocycles. The van der Waals surface area contributed by atoms with Gasteiger partial charge in [-0.2, -0.15) is 0 Å². The molecule has 19 heteroatoms. The number of aromatic nitrogens is 4. The molecule has 0 spiro atoms.